The molecule has 0 saturated carbocycles. The Balaban J connectivity index is 2.64. The van der Waals surface area contributed by atoms with Gasteiger partial charge in [0, 0.05) is 11.8 Å². The van der Waals surface area contributed by atoms with Gasteiger partial charge in [-0.1, -0.05) is 6.08 Å². The minimum Gasteiger partial charge on any atom is -0.326 e. The van der Waals surface area contributed by atoms with E-state index >= 15 is 0 Å². The van der Waals surface area contributed by atoms with Crippen LogP contribution in [0.4, 0.5) is 0 Å². The molecule has 1 aromatic heterocycles. The number of hydrogen-bond acceptors (Lipinski definition) is 1. The summed E-state index contributed by atoms with van der Waals surface area (Å²) < 4.78 is 0. The third kappa shape index (κ3) is 1.09. The van der Waals surface area contributed by atoms with E-state index in [1.165, 1.54) is 11.1 Å². The van der Waals surface area contributed by atoms with Gasteiger partial charge in [0.25, 0.3) is 0 Å². The highest BCUT2D eigenvalue weighted by Gasteiger charge is 2.08. The van der Waals surface area contributed by atoms with E-state index in [-0.39, 0.29) is 5.56 Å². The van der Waals surface area contributed by atoms with Gasteiger partial charge in [0.15, 0.2) is 0 Å². The van der Waals surface area contributed by atoms with Crippen LogP contribution in [-0.4, -0.2) is 4.98 Å². The molecule has 12 heavy (non-hydrogen) atoms. The first-order chi connectivity index (χ1) is 5.77. The molecule has 2 rings (SSSR count). The summed E-state index contributed by atoms with van der Waals surface area (Å²) >= 11 is 0. The van der Waals surface area contributed by atoms with E-state index in [9.17, 15) is 4.79 Å². The lowest BCUT2D eigenvalue weighted by atomic mass is 9.96. The van der Waals surface area contributed by atoms with Crippen LogP contribution in [0.3, 0.4) is 0 Å². The van der Waals surface area contributed by atoms with E-state index in [0.29, 0.717) is 0 Å². The highest BCUT2D eigenvalue weighted by atomic mass is 16.1. The summed E-state index contributed by atoms with van der Waals surface area (Å²) in [6, 6.07) is 3.49. The van der Waals surface area contributed by atoms with Crippen molar-refractivity contribution in [3.63, 3.8) is 0 Å². The van der Waals surface area contributed by atoms with Gasteiger partial charge >= 0.3 is 0 Å². The van der Waals surface area contributed by atoms with Crippen molar-refractivity contribution in [2.75, 3.05) is 0 Å². The first kappa shape index (κ1) is 7.35. The average molecular weight is 161 g/mol. The zero-order chi connectivity index (χ0) is 8.55. The minimum atomic E-state index is 0.00319. The number of fused-ring (bicyclic) bond motifs is 1. The molecule has 1 N–H and O–H groups in total. The third-order valence-corrected chi connectivity index (χ3v) is 2.27. The lowest BCUT2D eigenvalue weighted by Gasteiger charge is -2.13. The molecule has 1 heterocycles. The van der Waals surface area contributed by atoms with E-state index in [4.69, 9.17) is 0 Å². The van der Waals surface area contributed by atoms with E-state index in [1.807, 2.05) is 6.07 Å². The first-order valence-corrected chi connectivity index (χ1v) is 4.17. The van der Waals surface area contributed by atoms with Crippen molar-refractivity contribution in [2.45, 2.75) is 19.8 Å². The van der Waals surface area contributed by atoms with Crippen LogP contribution in [0.15, 0.2) is 23.0 Å². The van der Waals surface area contributed by atoms with E-state index in [1.54, 1.807) is 6.07 Å². The molecule has 0 spiro atoms. The van der Waals surface area contributed by atoms with Crippen molar-refractivity contribution in [1.29, 1.82) is 0 Å². The molecule has 62 valence electrons. The highest BCUT2D eigenvalue weighted by Crippen LogP contribution is 2.22. The second-order valence-corrected chi connectivity index (χ2v) is 3.14. The number of hydrogen-bond donors (Lipinski definition) is 1. The summed E-state index contributed by atoms with van der Waals surface area (Å²) in [5.74, 6) is 0. The zero-order valence-corrected chi connectivity index (χ0v) is 7.05. The Labute approximate surface area is 70.9 Å². The Hall–Kier alpha value is -1.31. The van der Waals surface area contributed by atoms with Gasteiger partial charge in [-0.05, 0) is 37.0 Å². The molecule has 0 unspecified atom stereocenters. The minimum absolute atomic E-state index is 0.00319. The molecule has 0 bridgehead atoms. The first-order valence-electron chi connectivity index (χ1n) is 4.17. The lowest BCUT2D eigenvalue weighted by molar-refractivity contribution is 0.907. The molecule has 2 heteroatoms. The summed E-state index contributed by atoms with van der Waals surface area (Å²) in [7, 11) is 0. The Morgan fingerprint density at radius 1 is 1.42 bits per heavy atom. The van der Waals surface area contributed by atoms with Crippen molar-refractivity contribution in [3.05, 3.63) is 39.8 Å². The monoisotopic (exact) mass is 161 g/mol. The van der Waals surface area contributed by atoms with Gasteiger partial charge in [-0.2, -0.15) is 0 Å². The van der Waals surface area contributed by atoms with Gasteiger partial charge in [-0.25, -0.2) is 0 Å². The number of aryl methyl sites for hydroxylation is 1. The number of aromatic nitrogens is 1. The third-order valence-electron chi connectivity index (χ3n) is 2.27. The van der Waals surface area contributed by atoms with Crippen LogP contribution in [0, 0.1) is 0 Å². The van der Waals surface area contributed by atoms with Crippen molar-refractivity contribution in [2.24, 2.45) is 0 Å². The molecule has 0 aliphatic heterocycles. The topological polar surface area (TPSA) is 32.9 Å². The fourth-order valence-corrected chi connectivity index (χ4v) is 1.63. The van der Waals surface area contributed by atoms with E-state index in [0.717, 1.165) is 18.5 Å². The number of pyridine rings is 1. The van der Waals surface area contributed by atoms with Gasteiger partial charge in [-0.15, -0.1) is 0 Å². The normalized spacial score (nSPS) is 15.2. The molecule has 0 saturated heterocycles. The molecule has 1 aliphatic rings. The molecule has 0 atom stereocenters. The molecule has 0 fully saturated rings. The summed E-state index contributed by atoms with van der Waals surface area (Å²) in [5.41, 5.74) is 3.55. The highest BCUT2D eigenvalue weighted by molar-refractivity contribution is 5.66. The van der Waals surface area contributed by atoms with Crippen LogP contribution in [0.1, 0.15) is 24.6 Å². The number of nitrogens with one attached hydrogen (secondary N) is 1. The maximum atomic E-state index is 11.0. The maximum Gasteiger partial charge on any atom is 0.248 e. The number of aromatic amines is 1. The molecule has 1 aromatic rings. The van der Waals surface area contributed by atoms with Crippen LogP contribution in [0.2, 0.25) is 0 Å². The smallest absolute Gasteiger partial charge is 0.248 e. The molecular weight excluding hydrogens is 150 g/mol. The summed E-state index contributed by atoms with van der Waals surface area (Å²) in [6.07, 6.45) is 4.21. The van der Waals surface area contributed by atoms with Crippen LogP contribution in [0.5, 0.6) is 0 Å². The number of allylic oxidation sites excluding steroid dienone is 2. The fraction of sp³-hybridized carbons (Fsp3) is 0.300. The van der Waals surface area contributed by atoms with Crippen LogP contribution < -0.4 is 5.56 Å². The van der Waals surface area contributed by atoms with Crippen molar-refractivity contribution in [1.82, 2.24) is 4.98 Å². The second-order valence-electron chi connectivity index (χ2n) is 3.14. The summed E-state index contributed by atoms with van der Waals surface area (Å²) in [4.78, 5) is 13.8. The Morgan fingerprint density at radius 3 is 3.08 bits per heavy atom. The van der Waals surface area contributed by atoms with Crippen LogP contribution in [0.25, 0.3) is 5.57 Å². The Bertz CT molecular complexity index is 387. The van der Waals surface area contributed by atoms with E-state index in [2.05, 4.69) is 18.0 Å². The van der Waals surface area contributed by atoms with Gasteiger partial charge < -0.3 is 4.98 Å². The second kappa shape index (κ2) is 2.63. The van der Waals surface area contributed by atoms with Gasteiger partial charge in [0.1, 0.15) is 0 Å². The van der Waals surface area contributed by atoms with Gasteiger partial charge in [-0.3, -0.25) is 4.79 Å². The average Bonchev–Trinajstić information content (AvgIpc) is 2.04. The van der Waals surface area contributed by atoms with E-state index < -0.39 is 0 Å². The fourth-order valence-electron chi connectivity index (χ4n) is 1.63. The van der Waals surface area contributed by atoms with Crippen LogP contribution in [-0.2, 0) is 6.42 Å². The molecule has 2 nitrogen and oxygen atoms in total. The zero-order valence-electron chi connectivity index (χ0n) is 7.05. The predicted molar refractivity (Wildman–Crippen MR) is 49.0 cm³/mol. The number of H-pyrrole nitrogens is 1. The molecular formula is C10H11NO. The predicted octanol–water partition coefficient (Wildman–Crippen LogP) is 1.72. The molecule has 0 aromatic carbocycles. The largest absolute Gasteiger partial charge is 0.326 e. The van der Waals surface area contributed by atoms with Crippen LogP contribution >= 0.6 is 0 Å². The quantitative estimate of drug-likeness (QED) is 0.617. The summed E-state index contributed by atoms with van der Waals surface area (Å²) in [5, 5.41) is 0. The lowest BCUT2D eigenvalue weighted by Crippen LogP contribution is -2.11. The van der Waals surface area contributed by atoms with Gasteiger partial charge in [0.05, 0.1) is 0 Å². The van der Waals surface area contributed by atoms with Crippen molar-refractivity contribution < 1.29 is 0 Å². The SMILES string of the molecule is CC1=CCCc2[nH]c(=O)ccc21. The summed E-state index contributed by atoms with van der Waals surface area (Å²) in [6.45, 7) is 2.08. The Morgan fingerprint density at radius 2 is 2.25 bits per heavy atom. The Kier molecular flexibility index (Phi) is 1.61. The van der Waals surface area contributed by atoms with Crippen molar-refractivity contribution in [3.8, 4) is 0 Å². The standard InChI is InChI=1S/C10H11NO/c1-7-3-2-4-9-8(7)5-6-10(12)11-9/h3,5-6H,2,4H2,1H3,(H,11,12). The molecule has 0 radical (unpaired) electrons. The van der Waals surface area contributed by atoms with Crippen molar-refractivity contribution >= 4 is 5.57 Å². The number of rotatable bonds is 0. The molecule has 0 amide bonds. The maximum absolute atomic E-state index is 11.0. The van der Waals surface area contributed by atoms with Gasteiger partial charge in [0.2, 0.25) is 5.56 Å². The molecule has 1 aliphatic carbocycles.